The fraction of sp³-hybridized carbons (Fsp3) is 0.750. The van der Waals surface area contributed by atoms with Crippen molar-refractivity contribution < 1.29 is 4.79 Å². The van der Waals surface area contributed by atoms with Gasteiger partial charge in [-0.2, -0.15) is 0 Å². The second-order valence-corrected chi connectivity index (χ2v) is 4.42. The summed E-state index contributed by atoms with van der Waals surface area (Å²) in [4.78, 5) is 11.5. The van der Waals surface area contributed by atoms with Gasteiger partial charge in [0.05, 0.1) is 0 Å². The first-order chi connectivity index (χ1) is 7.18. The van der Waals surface area contributed by atoms with Gasteiger partial charge >= 0.3 is 0 Å². The molecule has 15 heavy (non-hydrogen) atoms. The van der Waals surface area contributed by atoms with Crippen LogP contribution in [0.3, 0.4) is 0 Å². The predicted molar refractivity (Wildman–Crippen MR) is 62.4 cm³/mol. The van der Waals surface area contributed by atoms with E-state index in [0.29, 0.717) is 12.5 Å². The first-order valence-corrected chi connectivity index (χ1v) is 5.88. The summed E-state index contributed by atoms with van der Waals surface area (Å²) in [5, 5.41) is 3.06. The van der Waals surface area contributed by atoms with Gasteiger partial charge in [-0.3, -0.25) is 4.79 Å². The molecule has 0 aromatic rings. The van der Waals surface area contributed by atoms with Crippen LogP contribution >= 0.6 is 0 Å². The zero-order valence-electron chi connectivity index (χ0n) is 9.54. The van der Waals surface area contributed by atoms with Gasteiger partial charge in [0.2, 0.25) is 5.91 Å². The second kappa shape index (κ2) is 6.62. The second-order valence-electron chi connectivity index (χ2n) is 4.42. The largest absolute Gasteiger partial charge is 0.353 e. The molecule has 1 amide bonds. The molecule has 0 heterocycles. The highest BCUT2D eigenvalue weighted by molar-refractivity contribution is 5.76. The minimum absolute atomic E-state index is 0.177. The van der Waals surface area contributed by atoms with Gasteiger partial charge in [-0.15, -0.1) is 0 Å². The Hall–Kier alpha value is -0.830. The molecule has 3 N–H and O–H groups in total. The van der Waals surface area contributed by atoms with E-state index in [-0.39, 0.29) is 11.9 Å². The fourth-order valence-corrected chi connectivity index (χ4v) is 1.81. The number of hydrogen-bond donors (Lipinski definition) is 2. The van der Waals surface area contributed by atoms with Crippen molar-refractivity contribution in [3.05, 3.63) is 12.2 Å². The number of hydrogen-bond acceptors (Lipinski definition) is 2. The van der Waals surface area contributed by atoms with Gasteiger partial charge in [-0.1, -0.05) is 12.2 Å². The number of allylic oxidation sites excluding steroid dienone is 1. The van der Waals surface area contributed by atoms with Crippen molar-refractivity contribution in [1.82, 2.24) is 5.32 Å². The fourth-order valence-electron chi connectivity index (χ4n) is 1.81. The molecule has 2 atom stereocenters. The first kappa shape index (κ1) is 12.2. The van der Waals surface area contributed by atoms with E-state index in [2.05, 4.69) is 17.5 Å². The standard InChI is InChI=1S/C12H22N2O/c1-10(13)6-5-9-12(15)14-11-7-3-2-4-8-11/h2-3,10-11H,4-9,13H2,1H3,(H,14,15). The predicted octanol–water partition coefficient (Wildman–Crippen LogP) is 1.73. The molecule has 86 valence electrons. The zero-order valence-corrected chi connectivity index (χ0v) is 9.54. The summed E-state index contributed by atoms with van der Waals surface area (Å²) in [6.07, 6.45) is 9.92. The lowest BCUT2D eigenvalue weighted by Crippen LogP contribution is -2.35. The molecular weight excluding hydrogens is 188 g/mol. The number of carbonyl (C=O) groups is 1. The number of carbonyl (C=O) groups excluding carboxylic acids is 1. The van der Waals surface area contributed by atoms with Gasteiger partial charge in [0.25, 0.3) is 0 Å². The smallest absolute Gasteiger partial charge is 0.220 e. The van der Waals surface area contributed by atoms with Gasteiger partial charge in [-0.25, -0.2) is 0 Å². The van der Waals surface area contributed by atoms with E-state index in [0.717, 1.165) is 32.1 Å². The van der Waals surface area contributed by atoms with Crippen molar-refractivity contribution in [2.45, 2.75) is 57.5 Å². The van der Waals surface area contributed by atoms with E-state index in [1.165, 1.54) is 0 Å². The van der Waals surface area contributed by atoms with Crippen molar-refractivity contribution in [1.29, 1.82) is 0 Å². The molecule has 0 aromatic heterocycles. The Kier molecular flexibility index (Phi) is 5.40. The number of nitrogens with one attached hydrogen (secondary N) is 1. The van der Waals surface area contributed by atoms with Crippen molar-refractivity contribution in [3.8, 4) is 0 Å². The minimum atomic E-state index is 0.177. The lowest BCUT2D eigenvalue weighted by atomic mass is 10.0. The molecule has 0 saturated carbocycles. The molecule has 0 spiro atoms. The topological polar surface area (TPSA) is 55.1 Å². The van der Waals surface area contributed by atoms with Crippen LogP contribution in [-0.4, -0.2) is 18.0 Å². The van der Waals surface area contributed by atoms with E-state index in [4.69, 9.17) is 5.73 Å². The molecule has 0 bridgehead atoms. The van der Waals surface area contributed by atoms with Crippen molar-refractivity contribution >= 4 is 5.91 Å². The average molecular weight is 210 g/mol. The summed E-state index contributed by atoms with van der Waals surface area (Å²) >= 11 is 0. The van der Waals surface area contributed by atoms with Crippen molar-refractivity contribution in [2.24, 2.45) is 5.73 Å². The molecule has 2 unspecified atom stereocenters. The Balaban J connectivity index is 2.10. The highest BCUT2D eigenvalue weighted by Gasteiger charge is 2.12. The summed E-state index contributed by atoms with van der Waals surface area (Å²) < 4.78 is 0. The van der Waals surface area contributed by atoms with Crippen LogP contribution in [0, 0.1) is 0 Å². The molecular formula is C12H22N2O. The first-order valence-electron chi connectivity index (χ1n) is 5.88. The van der Waals surface area contributed by atoms with E-state index in [1.807, 2.05) is 6.92 Å². The summed E-state index contributed by atoms with van der Waals surface area (Å²) in [6, 6.07) is 0.563. The van der Waals surface area contributed by atoms with Crippen LogP contribution in [0.15, 0.2) is 12.2 Å². The van der Waals surface area contributed by atoms with Gasteiger partial charge in [-0.05, 0) is 39.0 Å². The molecule has 1 rings (SSSR count). The third kappa shape index (κ3) is 5.57. The van der Waals surface area contributed by atoms with Crippen molar-refractivity contribution in [3.63, 3.8) is 0 Å². The van der Waals surface area contributed by atoms with E-state index < -0.39 is 0 Å². The molecule has 0 aromatic carbocycles. The monoisotopic (exact) mass is 210 g/mol. The van der Waals surface area contributed by atoms with Gasteiger partial charge in [0.1, 0.15) is 0 Å². The summed E-state index contributed by atoms with van der Waals surface area (Å²) in [6.45, 7) is 1.98. The zero-order chi connectivity index (χ0) is 11.1. The maximum atomic E-state index is 11.5. The lowest BCUT2D eigenvalue weighted by molar-refractivity contribution is -0.121. The van der Waals surface area contributed by atoms with Gasteiger partial charge in [0, 0.05) is 18.5 Å². The summed E-state index contributed by atoms with van der Waals surface area (Å²) in [5.41, 5.74) is 5.62. The quantitative estimate of drug-likeness (QED) is 0.679. The number of nitrogens with two attached hydrogens (primary N) is 1. The SMILES string of the molecule is CC(N)CCCC(=O)NC1CC=CCC1. The van der Waals surface area contributed by atoms with Crippen LogP contribution in [-0.2, 0) is 4.79 Å². The van der Waals surface area contributed by atoms with E-state index >= 15 is 0 Å². The van der Waals surface area contributed by atoms with Crippen molar-refractivity contribution in [2.75, 3.05) is 0 Å². The normalized spacial score (nSPS) is 22.4. The van der Waals surface area contributed by atoms with Gasteiger partial charge < -0.3 is 11.1 Å². The van der Waals surface area contributed by atoms with Crippen LogP contribution in [0.5, 0.6) is 0 Å². The molecule has 1 aliphatic rings. The maximum absolute atomic E-state index is 11.5. The third-order valence-electron chi connectivity index (χ3n) is 2.70. The molecule has 1 aliphatic carbocycles. The Morgan fingerprint density at radius 1 is 1.60 bits per heavy atom. The van der Waals surface area contributed by atoms with Gasteiger partial charge in [0.15, 0.2) is 0 Å². The Bertz CT molecular complexity index is 224. The van der Waals surface area contributed by atoms with E-state index in [9.17, 15) is 4.79 Å². The summed E-state index contributed by atoms with van der Waals surface area (Å²) in [5.74, 6) is 0.177. The highest BCUT2D eigenvalue weighted by Crippen LogP contribution is 2.10. The highest BCUT2D eigenvalue weighted by atomic mass is 16.1. The van der Waals surface area contributed by atoms with Crippen LogP contribution < -0.4 is 11.1 Å². The van der Waals surface area contributed by atoms with Crippen LogP contribution in [0.2, 0.25) is 0 Å². The Labute approximate surface area is 92.1 Å². The number of amides is 1. The molecule has 3 nitrogen and oxygen atoms in total. The van der Waals surface area contributed by atoms with Crippen LogP contribution in [0.4, 0.5) is 0 Å². The lowest BCUT2D eigenvalue weighted by Gasteiger charge is -2.19. The number of rotatable bonds is 5. The van der Waals surface area contributed by atoms with Crippen LogP contribution in [0.25, 0.3) is 0 Å². The average Bonchev–Trinajstić information content (AvgIpc) is 2.18. The third-order valence-corrected chi connectivity index (χ3v) is 2.70. The Morgan fingerprint density at radius 3 is 3.00 bits per heavy atom. The molecule has 0 radical (unpaired) electrons. The maximum Gasteiger partial charge on any atom is 0.220 e. The molecule has 0 aliphatic heterocycles. The Morgan fingerprint density at radius 2 is 2.40 bits per heavy atom. The molecule has 3 heteroatoms. The van der Waals surface area contributed by atoms with E-state index in [1.54, 1.807) is 0 Å². The van der Waals surface area contributed by atoms with Crippen LogP contribution in [0.1, 0.15) is 45.4 Å². The molecule has 0 saturated heterocycles. The summed E-state index contributed by atoms with van der Waals surface area (Å²) in [7, 11) is 0. The molecule has 0 fully saturated rings. The minimum Gasteiger partial charge on any atom is -0.353 e.